The van der Waals surface area contributed by atoms with E-state index in [0.29, 0.717) is 41.5 Å². The number of nitrogens with one attached hydrogen (secondary N) is 1. The van der Waals surface area contributed by atoms with E-state index in [2.05, 4.69) is 15.3 Å². The van der Waals surface area contributed by atoms with E-state index in [4.69, 9.17) is 5.73 Å². The number of nitrogens with two attached hydrogens (primary N) is 1. The molecule has 1 atom stereocenters. The molecular weight excluding hydrogens is 537 g/mol. The van der Waals surface area contributed by atoms with Crippen molar-refractivity contribution in [1.29, 1.82) is 0 Å². The van der Waals surface area contributed by atoms with Gasteiger partial charge in [-0.25, -0.2) is 9.78 Å². The van der Waals surface area contributed by atoms with Gasteiger partial charge in [-0.2, -0.15) is 18.2 Å². The minimum Gasteiger partial charge on any atom is -0.370 e. The molecule has 0 bridgehead atoms. The number of nitrogens with zero attached hydrogens (tertiary/aromatic N) is 6. The third-order valence-corrected chi connectivity index (χ3v) is 7.55. The van der Waals surface area contributed by atoms with Crippen LogP contribution in [0.1, 0.15) is 33.5 Å². The van der Waals surface area contributed by atoms with Crippen LogP contribution in [0.25, 0.3) is 0 Å². The molecule has 2 aromatic carbocycles. The zero-order valence-corrected chi connectivity index (χ0v) is 23.2. The average molecular weight is 569 g/mol. The van der Waals surface area contributed by atoms with Gasteiger partial charge in [-0.1, -0.05) is 6.07 Å². The van der Waals surface area contributed by atoms with Gasteiger partial charge in [0, 0.05) is 54.9 Å². The summed E-state index contributed by atoms with van der Waals surface area (Å²) in [5, 5.41) is 2.72. The lowest BCUT2D eigenvalue weighted by atomic mass is 10.1. The highest BCUT2D eigenvalue weighted by atomic mass is 19.4. The average Bonchev–Trinajstić information content (AvgIpc) is 3.42. The second kappa shape index (κ2) is 10.5. The summed E-state index contributed by atoms with van der Waals surface area (Å²) in [5.41, 5.74) is 7.34. The van der Waals surface area contributed by atoms with Crippen LogP contribution in [0.2, 0.25) is 0 Å². The summed E-state index contributed by atoms with van der Waals surface area (Å²) in [4.78, 5) is 41.5. The Hall–Kier alpha value is -4.39. The molecule has 2 aliphatic heterocycles. The molecule has 216 valence electrons. The Morgan fingerprint density at radius 2 is 1.93 bits per heavy atom. The van der Waals surface area contributed by atoms with Crippen molar-refractivity contribution in [1.82, 2.24) is 14.9 Å². The van der Waals surface area contributed by atoms with E-state index in [0.717, 1.165) is 24.1 Å². The number of rotatable bonds is 5. The number of carbonyl (C=O) groups excluding carboxylic acids is 2. The Morgan fingerprint density at radius 1 is 1.17 bits per heavy atom. The van der Waals surface area contributed by atoms with E-state index in [-0.39, 0.29) is 30.1 Å². The van der Waals surface area contributed by atoms with Crippen molar-refractivity contribution in [2.45, 2.75) is 32.1 Å². The molecule has 5 rings (SSSR count). The van der Waals surface area contributed by atoms with E-state index < -0.39 is 17.6 Å². The summed E-state index contributed by atoms with van der Waals surface area (Å²) in [7, 11) is 5.45. The Kier molecular flexibility index (Phi) is 7.24. The lowest BCUT2D eigenvalue weighted by Crippen LogP contribution is -2.46. The number of anilines is 5. The Balaban J connectivity index is 1.43. The highest BCUT2D eigenvalue weighted by molar-refractivity contribution is 6.07. The molecule has 1 unspecified atom stereocenters. The van der Waals surface area contributed by atoms with Crippen molar-refractivity contribution >= 4 is 40.8 Å². The molecule has 3 aromatic rings. The first-order chi connectivity index (χ1) is 19.3. The largest absolute Gasteiger partial charge is 0.416 e. The molecule has 0 radical (unpaired) electrons. The first kappa shape index (κ1) is 28.1. The summed E-state index contributed by atoms with van der Waals surface area (Å²) in [5.74, 6) is -0.222. The molecule has 10 nitrogen and oxygen atoms in total. The van der Waals surface area contributed by atoms with Crippen LogP contribution >= 0.6 is 0 Å². The summed E-state index contributed by atoms with van der Waals surface area (Å²) < 4.78 is 41.4. The zero-order chi connectivity index (χ0) is 29.6. The van der Waals surface area contributed by atoms with Gasteiger partial charge >= 0.3 is 12.2 Å². The van der Waals surface area contributed by atoms with E-state index in [1.54, 1.807) is 31.4 Å². The molecule has 0 spiro atoms. The van der Waals surface area contributed by atoms with Crippen LogP contribution in [0, 0.1) is 6.92 Å². The van der Waals surface area contributed by atoms with Gasteiger partial charge in [0.05, 0.1) is 17.8 Å². The number of urea groups is 1. The maximum atomic E-state index is 13.8. The number of benzene rings is 2. The molecule has 1 fully saturated rings. The summed E-state index contributed by atoms with van der Waals surface area (Å²) in [6.07, 6.45) is -2.25. The van der Waals surface area contributed by atoms with Crippen molar-refractivity contribution in [2.24, 2.45) is 0 Å². The fourth-order valence-corrected chi connectivity index (χ4v) is 5.18. The topological polar surface area (TPSA) is 111 Å². The van der Waals surface area contributed by atoms with Gasteiger partial charge in [0.1, 0.15) is 5.82 Å². The van der Waals surface area contributed by atoms with Crippen LogP contribution in [-0.4, -0.2) is 67.1 Å². The maximum Gasteiger partial charge on any atom is 0.416 e. The second-order valence-electron chi connectivity index (χ2n) is 10.6. The number of nitrogen functional groups attached to an aromatic ring is 1. The number of likely N-dealkylation sites (N-methyl/N-ethyl adjacent to an activating group) is 1. The predicted molar refractivity (Wildman–Crippen MR) is 151 cm³/mol. The standard InChI is InChI=1S/C28H31F3N8O2/c1-16-5-6-20(12-23(16)39-14-18-13-33-26(32)35-24(18)37(4)27(39)41)34-25(40)17-9-19(28(29,30)31)11-22(10-17)38-8-7-21(15-38)36(2)3/h5-6,9-13,21H,7-8,14-15H2,1-4H3,(H,34,40)(H2,32,33,35). The molecule has 13 heteroatoms. The Morgan fingerprint density at radius 3 is 2.61 bits per heavy atom. The minimum atomic E-state index is -4.62. The normalized spacial score (nSPS) is 17.3. The molecular formula is C28H31F3N8O2. The number of hydrogen-bond donors (Lipinski definition) is 2. The highest BCUT2D eigenvalue weighted by Gasteiger charge is 2.34. The SMILES string of the molecule is Cc1ccc(NC(=O)c2cc(N3CCC(N(C)C)C3)cc(C(F)(F)F)c2)cc1N1Cc2cnc(N)nc2N(C)C1=O. The number of aromatic nitrogens is 2. The number of amides is 3. The third-order valence-electron chi connectivity index (χ3n) is 7.55. The van der Waals surface area contributed by atoms with Crippen molar-refractivity contribution in [3.05, 3.63) is 64.8 Å². The van der Waals surface area contributed by atoms with Crippen LogP contribution in [0.15, 0.2) is 42.6 Å². The van der Waals surface area contributed by atoms with E-state index >= 15 is 0 Å². The maximum absolute atomic E-state index is 13.8. The number of alkyl halides is 3. The molecule has 0 saturated carbocycles. The number of carbonyl (C=O) groups is 2. The van der Waals surface area contributed by atoms with Crippen molar-refractivity contribution in [3.8, 4) is 0 Å². The quantitative estimate of drug-likeness (QED) is 0.471. The van der Waals surface area contributed by atoms with E-state index in [1.807, 2.05) is 30.8 Å². The predicted octanol–water partition coefficient (Wildman–Crippen LogP) is 4.36. The fourth-order valence-electron chi connectivity index (χ4n) is 5.18. The van der Waals surface area contributed by atoms with Crippen LogP contribution in [0.3, 0.4) is 0 Å². The number of halogens is 3. The molecule has 2 aliphatic rings. The molecule has 0 aliphatic carbocycles. The van der Waals surface area contributed by atoms with Gasteiger partial charge < -0.3 is 20.9 Å². The Labute approximate surface area is 235 Å². The smallest absolute Gasteiger partial charge is 0.370 e. The minimum absolute atomic E-state index is 0.0535. The zero-order valence-electron chi connectivity index (χ0n) is 23.2. The summed E-state index contributed by atoms with van der Waals surface area (Å²) in [6.45, 7) is 3.15. The molecule has 3 heterocycles. The van der Waals surface area contributed by atoms with Gasteiger partial charge in [0.25, 0.3) is 5.91 Å². The van der Waals surface area contributed by atoms with Crippen LogP contribution < -0.4 is 25.8 Å². The first-order valence-electron chi connectivity index (χ1n) is 13.0. The van der Waals surface area contributed by atoms with Gasteiger partial charge in [-0.05, 0) is 63.3 Å². The lowest BCUT2D eigenvalue weighted by molar-refractivity contribution is -0.137. The van der Waals surface area contributed by atoms with Gasteiger partial charge in [-0.3, -0.25) is 14.6 Å². The van der Waals surface area contributed by atoms with Crippen molar-refractivity contribution < 1.29 is 22.8 Å². The third kappa shape index (κ3) is 5.62. The number of hydrogen-bond acceptors (Lipinski definition) is 7. The molecule has 41 heavy (non-hydrogen) atoms. The fraction of sp³-hybridized carbons (Fsp3) is 0.357. The second-order valence-corrected chi connectivity index (χ2v) is 10.6. The van der Waals surface area contributed by atoms with Crippen molar-refractivity contribution in [2.75, 3.05) is 60.0 Å². The van der Waals surface area contributed by atoms with E-state index in [9.17, 15) is 22.8 Å². The number of aryl methyl sites for hydroxylation is 1. The highest BCUT2D eigenvalue weighted by Crippen LogP contribution is 2.36. The summed E-state index contributed by atoms with van der Waals surface area (Å²) in [6, 6.07) is 8.29. The lowest BCUT2D eigenvalue weighted by Gasteiger charge is -2.34. The van der Waals surface area contributed by atoms with Crippen LogP contribution in [-0.2, 0) is 12.7 Å². The Bertz CT molecular complexity index is 1510. The molecule has 1 aromatic heterocycles. The van der Waals surface area contributed by atoms with Crippen LogP contribution in [0.4, 0.5) is 46.8 Å². The summed E-state index contributed by atoms with van der Waals surface area (Å²) >= 11 is 0. The molecule has 1 saturated heterocycles. The van der Waals surface area contributed by atoms with Crippen LogP contribution in [0.5, 0.6) is 0 Å². The van der Waals surface area contributed by atoms with Gasteiger partial charge in [0.2, 0.25) is 5.95 Å². The van der Waals surface area contributed by atoms with Gasteiger partial charge in [-0.15, -0.1) is 0 Å². The van der Waals surface area contributed by atoms with E-state index in [1.165, 1.54) is 15.9 Å². The monoisotopic (exact) mass is 568 g/mol. The van der Waals surface area contributed by atoms with Crippen molar-refractivity contribution in [3.63, 3.8) is 0 Å². The first-order valence-corrected chi connectivity index (χ1v) is 13.0. The molecule has 3 N–H and O–H groups in total. The van der Waals surface area contributed by atoms with Gasteiger partial charge in [0.15, 0.2) is 0 Å². The number of fused-ring (bicyclic) bond motifs is 1. The molecule has 3 amide bonds.